The van der Waals surface area contributed by atoms with Crippen LogP contribution in [0.25, 0.3) is 0 Å². The first-order chi connectivity index (χ1) is 8.56. The van der Waals surface area contributed by atoms with Gasteiger partial charge in [0.05, 0.1) is 9.21 Å². The number of hydrogen-bond acceptors (Lipinski definition) is 3. The van der Waals surface area contributed by atoms with Gasteiger partial charge in [-0.05, 0) is 24.5 Å². The van der Waals surface area contributed by atoms with Crippen LogP contribution >= 0.6 is 22.9 Å². The number of likely N-dealkylation sites (tertiary alicyclic amines) is 1. The fraction of sp³-hybridized carbons (Fsp3) is 0.455. The Morgan fingerprint density at radius 1 is 1.56 bits per heavy atom. The van der Waals surface area contributed by atoms with Crippen molar-refractivity contribution < 1.29 is 14.7 Å². The highest BCUT2D eigenvalue weighted by Crippen LogP contribution is 2.21. The smallest absolute Gasteiger partial charge is 0.407 e. The number of halogens is 1. The maximum absolute atomic E-state index is 11.7. The lowest BCUT2D eigenvalue weighted by molar-refractivity contribution is 0.0951. The highest BCUT2D eigenvalue weighted by molar-refractivity contribution is 7.17. The average molecular weight is 289 g/mol. The zero-order chi connectivity index (χ0) is 13.1. The predicted molar refractivity (Wildman–Crippen MR) is 69.4 cm³/mol. The first-order valence-electron chi connectivity index (χ1n) is 5.57. The summed E-state index contributed by atoms with van der Waals surface area (Å²) >= 11 is 6.98. The molecule has 1 aromatic rings. The molecule has 1 atom stereocenters. The molecule has 1 fully saturated rings. The van der Waals surface area contributed by atoms with Gasteiger partial charge in [-0.2, -0.15) is 0 Å². The van der Waals surface area contributed by atoms with Crippen LogP contribution in [-0.2, 0) is 0 Å². The summed E-state index contributed by atoms with van der Waals surface area (Å²) in [5.74, 6) is 0.0427. The van der Waals surface area contributed by atoms with Crippen LogP contribution in [0, 0.1) is 5.92 Å². The third kappa shape index (κ3) is 3.14. The molecule has 1 saturated heterocycles. The zero-order valence-electron chi connectivity index (χ0n) is 9.56. The second kappa shape index (κ2) is 5.58. The van der Waals surface area contributed by atoms with E-state index in [1.165, 1.54) is 16.2 Å². The van der Waals surface area contributed by atoms with Gasteiger partial charge in [-0.1, -0.05) is 11.6 Å². The molecule has 1 aromatic heterocycles. The predicted octanol–water partition coefficient (Wildman–Crippen LogP) is 2.13. The van der Waals surface area contributed by atoms with Crippen LogP contribution in [0.1, 0.15) is 16.1 Å². The van der Waals surface area contributed by atoms with Gasteiger partial charge < -0.3 is 15.3 Å². The van der Waals surface area contributed by atoms with Crippen molar-refractivity contribution in [3.05, 3.63) is 21.3 Å². The highest BCUT2D eigenvalue weighted by atomic mass is 35.5. The SMILES string of the molecule is O=C(NCC1CCN(C(=O)O)C1)c1ccc(Cl)s1. The summed E-state index contributed by atoms with van der Waals surface area (Å²) < 4.78 is 0.582. The van der Waals surface area contributed by atoms with Crippen LogP contribution in [0.2, 0.25) is 4.34 Å². The van der Waals surface area contributed by atoms with Crippen molar-refractivity contribution in [2.24, 2.45) is 5.92 Å². The van der Waals surface area contributed by atoms with Gasteiger partial charge in [-0.3, -0.25) is 4.79 Å². The van der Waals surface area contributed by atoms with E-state index in [1.54, 1.807) is 12.1 Å². The number of rotatable bonds is 3. The van der Waals surface area contributed by atoms with Crippen molar-refractivity contribution in [2.45, 2.75) is 6.42 Å². The molecule has 5 nitrogen and oxygen atoms in total. The first-order valence-corrected chi connectivity index (χ1v) is 6.77. The van der Waals surface area contributed by atoms with Gasteiger partial charge in [-0.15, -0.1) is 11.3 Å². The number of carbonyl (C=O) groups excluding carboxylic acids is 1. The second-order valence-corrected chi connectivity index (χ2v) is 5.91. The van der Waals surface area contributed by atoms with Gasteiger partial charge in [-0.25, -0.2) is 4.79 Å². The minimum Gasteiger partial charge on any atom is -0.465 e. The van der Waals surface area contributed by atoms with Gasteiger partial charge >= 0.3 is 6.09 Å². The van der Waals surface area contributed by atoms with Gasteiger partial charge in [0.2, 0.25) is 0 Å². The van der Waals surface area contributed by atoms with E-state index in [9.17, 15) is 9.59 Å². The van der Waals surface area contributed by atoms with Crippen molar-refractivity contribution in [3.63, 3.8) is 0 Å². The van der Waals surface area contributed by atoms with Crippen molar-refractivity contribution in [2.75, 3.05) is 19.6 Å². The molecule has 2 N–H and O–H groups in total. The molecule has 7 heteroatoms. The fourth-order valence-electron chi connectivity index (χ4n) is 1.93. The molecular weight excluding hydrogens is 276 g/mol. The Morgan fingerprint density at radius 2 is 2.33 bits per heavy atom. The Morgan fingerprint density at radius 3 is 2.89 bits per heavy atom. The van der Waals surface area contributed by atoms with Crippen molar-refractivity contribution in [1.82, 2.24) is 10.2 Å². The number of carbonyl (C=O) groups is 2. The summed E-state index contributed by atoms with van der Waals surface area (Å²) in [6.07, 6.45) is -0.105. The molecule has 0 spiro atoms. The molecule has 1 aliphatic rings. The molecule has 1 aliphatic heterocycles. The standard InChI is InChI=1S/C11H13ClN2O3S/c12-9-2-1-8(18-9)10(15)13-5-7-3-4-14(6-7)11(16)17/h1-2,7H,3-6H2,(H,13,15)(H,16,17). The summed E-state index contributed by atoms with van der Waals surface area (Å²) in [6.45, 7) is 1.53. The lowest BCUT2D eigenvalue weighted by Gasteiger charge is -2.12. The van der Waals surface area contributed by atoms with E-state index >= 15 is 0 Å². The van der Waals surface area contributed by atoms with E-state index in [4.69, 9.17) is 16.7 Å². The molecule has 0 radical (unpaired) electrons. The van der Waals surface area contributed by atoms with Crippen LogP contribution in [0.5, 0.6) is 0 Å². The molecule has 0 aliphatic carbocycles. The average Bonchev–Trinajstić information content (AvgIpc) is 2.94. The Kier molecular flexibility index (Phi) is 4.08. The third-order valence-electron chi connectivity index (χ3n) is 2.90. The summed E-state index contributed by atoms with van der Waals surface area (Å²) in [6, 6.07) is 3.36. The van der Waals surface area contributed by atoms with Crippen molar-refractivity contribution in [3.8, 4) is 0 Å². The van der Waals surface area contributed by atoms with E-state index in [0.29, 0.717) is 28.8 Å². The molecule has 18 heavy (non-hydrogen) atoms. The molecule has 0 aromatic carbocycles. The Balaban J connectivity index is 1.79. The topological polar surface area (TPSA) is 69.6 Å². The lowest BCUT2D eigenvalue weighted by Crippen LogP contribution is -2.32. The fourth-order valence-corrected chi connectivity index (χ4v) is 2.89. The van der Waals surface area contributed by atoms with E-state index in [0.717, 1.165) is 6.42 Å². The molecule has 1 unspecified atom stereocenters. The van der Waals surface area contributed by atoms with Gasteiger partial charge in [0, 0.05) is 19.6 Å². The Hall–Kier alpha value is -1.27. The molecule has 0 bridgehead atoms. The van der Waals surface area contributed by atoms with Gasteiger partial charge in [0.15, 0.2) is 0 Å². The summed E-state index contributed by atoms with van der Waals surface area (Å²) in [5.41, 5.74) is 0. The number of nitrogens with one attached hydrogen (secondary N) is 1. The number of thiophene rings is 1. The highest BCUT2D eigenvalue weighted by Gasteiger charge is 2.26. The minimum atomic E-state index is -0.895. The van der Waals surface area contributed by atoms with Crippen LogP contribution in [0.4, 0.5) is 4.79 Å². The first kappa shape index (κ1) is 13.2. The maximum Gasteiger partial charge on any atom is 0.407 e. The largest absolute Gasteiger partial charge is 0.465 e. The van der Waals surface area contributed by atoms with Crippen molar-refractivity contribution >= 4 is 34.9 Å². The van der Waals surface area contributed by atoms with E-state index in [-0.39, 0.29) is 11.8 Å². The molecule has 0 saturated carbocycles. The maximum atomic E-state index is 11.7. The zero-order valence-corrected chi connectivity index (χ0v) is 11.1. The Bertz CT molecular complexity index is 463. The summed E-state index contributed by atoms with van der Waals surface area (Å²) in [7, 11) is 0. The lowest BCUT2D eigenvalue weighted by atomic mass is 10.1. The van der Waals surface area contributed by atoms with E-state index in [2.05, 4.69) is 5.32 Å². The van der Waals surface area contributed by atoms with Crippen LogP contribution < -0.4 is 5.32 Å². The van der Waals surface area contributed by atoms with Gasteiger partial charge in [0.1, 0.15) is 0 Å². The molecule has 2 amide bonds. The number of nitrogens with zero attached hydrogens (tertiary/aromatic N) is 1. The quantitative estimate of drug-likeness (QED) is 0.895. The number of amides is 2. The van der Waals surface area contributed by atoms with E-state index in [1.807, 2.05) is 0 Å². The Labute approximate surface area is 113 Å². The summed E-state index contributed by atoms with van der Waals surface area (Å²) in [5, 5.41) is 11.6. The van der Waals surface area contributed by atoms with Crippen LogP contribution in [-0.4, -0.2) is 41.6 Å². The van der Waals surface area contributed by atoms with E-state index < -0.39 is 6.09 Å². The summed E-state index contributed by atoms with van der Waals surface area (Å²) in [4.78, 5) is 24.4. The number of hydrogen-bond donors (Lipinski definition) is 2. The second-order valence-electron chi connectivity index (χ2n) is 4.20. The van der Waals surface area contributed by atoms with Crippen LogP contribution in [0.3, 0.4) is 0 Å². The normalized spacial score (nSPS) is 18.9. The minimum absolute atomic E-state index is 0.152. The molecular formula is C11H13ClN2O3S. The molecule has 98 valence electrons. The van der Waals surface area contributed by atoms with Crippen molar-refractivity contribution in [1.29, 1.82) is 0 Å². The molecule has 2 rings (SSSR count). The van der Waals surface area contributed by atoms with Gasteiger partial charge in [0.25, 0.3) is 5.91 Å². The third-order valence-corrected chi connectivity index (χ3v) is 4.13. The number of carboxylic acid groups (broad SMARTS) is 1. The molecule has 2 heterocycles. The van der Waals surface area contributed by atoms with Crippen LogP contribution in [0.15, 0.2) is 12.1 Å². The monoisotopic (exact) mass is 288 g/mol.